The van der Waals surface area contributed by atoms with Crippen molar-refractivity contribution in [2.24, 2.45) is 5.84 Å². The van der Waals surface area contributed by atoms with E-state index < -0.39 is 0 Å². The van der Waals surface area contributed by atoms with E-state index in [9.17, 15) is 4.39 Å². The number of nitrogens with two attached hydrogens (primary N) is 1. The molecule has 3 rings (SSSR count). The molecule has 2 N–H and O–H groups in total. The molecule has 2 aliphatic carbocycles. The average molecular weight is 301 g/mol. The Hall–Kier alpha value is -1.44. The van der Waals surface area contributed by atoms with E-state index in [0.29, 0.717) is 18.5 Å². The third-order valence-electron chi connectivity index (χ3n) is 5.47. The molecule has 2 aliphatic rings. The first-order chi connectivity index (χ1) is 10.6. The molecule has 0 aliphatic heterocycles. The number of nitriles is 1. The minimum atomic E-state index is -0.199. The third kappa shape index (κ3) is 3.16. The highest BCUT2D eigenvalue weighted by Crippen LogP contribution is 2.44. The van der Waals surface area contributed by atoms with Crippen molar-refractivity contribution in [1.82, 2.24) is 5.01 Å². The van der Waals surface area contributed by atoms with Crippen molar-refractivity contribution in [2.45, 2.75) is 68.9 Å². The van der Waals surface area contributed by atoms with Crippen LogP contribution in [0.5, 0.6) is 0 Å². The van der Waals surface area contributed by atoms with Crippen molar-refractivity contribution < 1.29 is 4.39 Å². The Labute approximate surface area is 131 Å². The summed E-state index contributed by atoms with van der Waals surface area (Å²) in [5, 5.41) is 11.1. The fourth-order valence-electron chi connectivity index (χ4n) is 3.91. The van der Waals surface area contributed by atoms with Crippen LogP contribution in [0.15, 0.2) is 24.3 Å². The lowest BCUT2D eigenvalue weighted by Gasteiger charge is -2.43. The lowest BCUT2D eigenvalue weighted by atomic mass is 9.65. The Morgan fingerprint density at radius 3 is 2.27 bits per heavy atom. The second kappa shape index (κ2) is 6.36. The summed E-state index contributed by atoms with van der Waals surface area (Å²) >= 11 is 0. The molecule has 0 atom stereocenters. The van der Waals surface area contributed by atoms with Gasteiger partial charge in [-0.3, -0.25) is 5.84 Å². The molecular formula is C18H24FN3. The van der Waals surface area contributed by atoms with Gasteiger partial charge in [0.05, 0.1) is 6.07 Å². The van der Waals surface area contributed by atoms with Crippen LogP contribution in [0.3, 0.4) is 0 Å². The summed E-state index contributed by atoms with van der Waals surface area (Å²) in [6.45, 7) is 0. The number of benzene rings is 1. The lowest BCUT2D eigenvalue weighted by molar-refractivity contribution is 0.113. The number of rotatable bonds is 5. The minimum absolute atomic E-state index is 0.0182. The molecule has 0 saturated heterocycles. The fraction of sp³-hybridized carbons (Fsp3) is 0.611. The van der Waals surface area contributed by atoms with E-state index in [0.717, 1.165) is 32.1 Å². The van der Waals surface area contributed by atoms with Crippen LogP contribution in [0, 0.1) is 17.1 Å². The first-order valence-corrected chi connectivity index (χ1v) is 8.31. The van der Waals surface area contributed by atoms with Gasteiger partial charge in [-0.05, 0) is 68.1 Å². The largest absolute Gasteiger partial charge is 0.268 e. The highest BCUT2D eigenvalue weighted by molar-refractivity contribution is 5.27. The van der Waals surface area contributed by atoms with Gasteiger partial charge >= 0.3 is 0 Å². The summed E-state index contributed by atoms with van der Waals surface area (Å²) in [7, 11) is 0. The van der Waals surface area contributed by atoms with Crippen molar-refractivity contribution in [3.8, 4) is 6.07 Å². The van der Waals surface area contributed by atoms with E-state index in [4.69, 9.17) is 11.1 Å². The van der Waals surface area contributed by atoms with Gasteiger partial charge in [0, 0.05) is 18.5 Å². The quantitative estimate of drug-likeness (QED) is 0.667. The molecule has 0 spiro atoms. The molecule has 3 nitrogen and oxygen atoms in total. The second-order valence-electron chi connectivity index (χ2n) is 6.85. The van der Waals surface area contributed by atoms with Gasteiger partial charge in [0.1, 0.15) is 5.82 Å². The molecule has 4 heteroatoms. The van der Waals surface area contributed by atoms with Gasteiger partial charge in [0.15, 0.2) is 0 Å². The Morgan fingerprint density at radius 1 is 1.14 bits per heavy atom. The Kier molecular flexibility index (Phi) is 4.46. The maximum absolute atomic E-state index is 13.2. The zero-order chi connectivity index (χ0) is 15.6. The molecule has 118 valence electrons. The maximum Gasteiger partial charge on any atom is 0.123 e. The molecule has 0 bridgehead atoms. The Morgan fingerprint density at radius 2 is 1.73 bits per heavy atom. The fourth-order valence-corrected chi connectivity index (χ4v) is 3.91. The van der Waals surface area contributed by atoms with Crippen molar-refractivity contribution in [1.29, 1.82) is 5.26 Å². The average Bonchev–Trinajstić information content (AvgIpc) is 3.38. The third-order valence-corrected chi connectivity index (χ3v) is 5.47. The summed E-state index contributed by atoms with van der Waals surface area (Å²) in [5.74, 6) is 6.03. The molecule has 0 heterocycles. The van der Waals surface area contributed by atoms with Gasteiger partial charge in [-0.2, -0.15) is 5.26 Å². The predicted octanol–water partition coefficient (Wildman–Crippen LogP) is 3.65. The standard InChI is InChI=1S/C18H24FN3/c19-15-4-2-14(3-5-15)18(10-1-13-20)11-8-17(9-12-18)22(21)16-6-7-16/h2-5,16-17H,1,6-12,21H2. The monoisotopic (exact) mass is 301 g/mol. The van der Waals surface area contributed by atoms with E-state index in [2.05, 4.69) is 11.1 Å². The molecule has 2 fully saturated rings. The molecule has 2 saturated carbocycles. The van der Waals surface area contributed by atoms with Gasteiger partial charge in [0.25, 0.3) is 0 Å². The number of halogens is 1. The molecule has 0 amide bonds. The second-order valence-corrected chi connectivity index (χ2v) is 6.85. The van der Waals surface area contributed by atoms with Crippen molar-refractivity contribution in [3.05, 3.63) is 35.6 Å². The molecule has 1 aromatic carbocycles. The van der Waals surface area contributed by atoms with E-state index >= 15 is 0 Å². The molecule has 22 heavy (non-hydrogen) atoms. The number of hydrogen-bond donors (Lipinski definition) is 1. The van der Waals surface area contributed by atoms with Crippen molar-refractivity contribution >= 4 is 0 Å². The molecule has 0 unspecified atom stereocenters. The predicted molar refractivity (Wildman–Crippen MR) is 84.2 cm³/mol. The van der Waals surface area contributed by atoms with Crippen molar-refractivity contribution in [3.63, 3.8) is 0 Å². The van der Waals surface area contributed by atoms with Gasteiger partial charge in [0.2, 0.25) is 0 Å². The van der Waals surface area contributed by atoms with Gasteiger partial charge < -0.3 is 0 Å². The minimum Gasteiger partial charge on any atom is -0.268 e. The molecule has 1 aromatic rings. The lowest BCUT2D eigenvalue weighted by Crippen LogP contribution is -2.47. The Balaban J connectivity index is 1.74. The topological polar surface area (TPSA) is 53.0 Å². The number of hydrazine groups is 1. The van der Waals surface area contributed by atoms with Crippen LogP contribution in [-0.4, -0.2) is 17.1 Å². The van der Waals surface area contributed by atoms with Gasteiger partial charge in [-0.15, -0.1) is 0 Å². The summed E-state index contributed by atoms with van der Waals surface area (Å²) in [5.41, 5.74) is 1.20. The van der Waals surface area contributed by atoms with Crippen LogP contribution in [-0.2, 0) is 5.41 Å². The normalized spacial score (nSPS) is 28.5. The summed E-state index contributed by atoms with van der Waals surface area (Å²) < 4.78 is 13.2. The summed E-state index contributed by atoms with van der Waals surface area (Å²) in [4.78, 5) is 0. The smallest absolute Gasteiger partial charge is 0.123 e. The zero-order valence-corrected chi connectivity index (χ0v) is 13.0. The first-order valence-electron chi connectivity index (χ1n) is 8.31. The number of nitrogens with zero attached hydrogens (tertiary/aromatic N) is 2. The van der Waals surface area contributed by atoms with Gasteiger partial charge in [-0.25, -0.2) is 9.40 Å². The van der Waals surface area contributed by atoms with Crippen LogP contribution >= 0.6 is 0 Å². The van der Waals surface area contributed by atoms with Crippen LogP contribution < -0.4 is 5.84 Å². The highest BCUT2D eigenvalue weighted by atomic mass is 19.1. The zero-order valence-electron chi connectivity index (χ0n) is 13.0. The van der Waals surface area contributed by atoms with Crippen LogP contribution in [0.1, 0.15) is 56.9 Å². The maximum atomic E-state index is 13.2. The van der Waals surface area contributed by atoms with E-state index in [-0.39, 0.29) is 11.2 Å². The summed E-state index contributed by atoms with van der Waals surface area (Å²) in [6, 6.07) is 10.2. The van der Waals surface area contributed by atoms with Crippen molar-refractivity contribution in [2.75, 3.05) is 0 Å². The van der Waals surface area contributed by atoms with E-state index in [1.165, 1.54) is 30.5 Å². The number of hydrogen-bond acceptors (Lipinski definition) is 3. The molecule has 0 radical (unpaired) electrons. The van der Waals surface area contributed by atoms with E-state index in [1.54, 1.807) is 0 Å². The van der Waals surface area contributed by atoms with Gasteiger partial charge in [-0.1, -0.05) is 12.1 Å². The van der Waals surface area contributed by atoms with Crippen LogP contribution in [0.25, 0.3) is 0 Å². The van der Waals surface area contributed by atoms with Crippen LogP contribution in [0.4, 0.5) is 4.39 Å². The molecular weight excluding hydrogens is 277 g/mol. The molecule has 0 aromatic heterocycles. The Bertz CT molecular complexity index is 536. The SMILES string of the molecule is N#CCCC1(c2ccc(F)cc2)CCC(N(N)C2CC2)CC1. The first kappa shape index (κ1) is 15.5. The van der Waals surface area contributed by atoms with Crippen LogP contribution in [0.2, 0.25) is 0 Å². The highest BCUT2D eigenvalue weighted by Gasteiger charge is 2.40. The van der Waals surface area contributed by atoms with E-state index in [1.807, 2.05) is 12.1 Å². The summed E-state index contributed by atoms with van der Waals surface area (Å²) in [6.07, 6.45) is 8.06.